The van der Waals surface area contributed by atoms with Gasteiger partial charge in [-0.2, -0.15) is 0 Å². The van der Waals surface area contributed by atoms with E-state index in [1.807, 2.05) is 58.0 Å². The lowest BCUT2D eigenvalue weighted by Crippen LogP contribution is -2.58. The summed E-state index contributed by atoms with van der Waals surface area (Å²) < 4.78 is 29.6. The largest absolute Gasteiger partial charge is 0.342 e. The molecule has 0 bridgehead atoms. The number of hydrogen-bond donors (Lipinski definition) is 1. The first-order valence-corrected chi connectivity index (χ1v) is 8.47. The van der Waals surface area contributed by atoms with E-state index in [1.165, 1.54) is 0 Å². The number of amides is 1. The summed E-state index contributed by atoms with van der Waals surface area (Å²) in [6.07, 6.45) is -2.99. The topological polar surface area (TPSA) is 75.3 Å². The van der Waals surface area contributed by atoms with Gasteiger partial charge in [-0.3, -0.25) is 4.79 Å². The molecule has 3 heterocycles. The average Bonchev–Trinajstić information content (AvgIpc) is 3.01. The monoisotopic (exact) mass is 349 g/mol. The van der Waals surface area contributed by atoms with Gasteiger partial charge in [0.15, 0.2) is 24.0 Å². The molecule has 7 heteroatoms. The summed E-state index contributed by atoms with van der Waals surface area (Å²) in [4.78, 5) is 12.8. The van der Waals surface area contributed by atoms with Crippen molar-refractivity contribution in [2.24, 2.45) is 0 Å². The van der Waals surface area contributed by atoms with Crippen LogP contribution < -0.4 is 5.32 Å². The van der Waals surface area contributed by atoms with Gasteiger partial charge < -0.3 is 29.0 Å². The summed E-state index contributed by atoms with van der Waals surface area (Å²) in [7, 11) is 0. The molecule has 0 aliphatic carbocycles. The van der Waals surface area contributed by atoms with Crippen LogP contribution in [0.1, 0.15) is 27.7 Å². The maximum absolute atomic E-state index is 12.8. The van der Waals surface area contributed by atoms with Gasteiger partial charge in [-0.25, -0.2) is 0 Å². The van der Waals surface area contributed by atoms with Crippen LogP contribution in [0, 0.1) is 0 Å². The molecule has 7 nitrogen and oxygen atoms in total. The second kappa shape index (κ2) is 5.75. The maximum atomic E-state index is 12.8. The van der Waals surface area contributed by atoms with Crippen LogP contribution >= 0.6 is 0 Å². The molecule has 0 unspecified atom stereocenters. The van der Waals surface area contributed by atoms with Crippen LogP contribution in [0.15, 0.2) is 30.3 Å². The van der Waals surface area contributed by atoms with Crippen molar-refractivity contribution < 1.29 is 28.5 Å². The Bertz CT molecular complexity index is 661. The van der Waals surface area contributed by atoms with Gasteiger partial charge in [-0.15, -0.1) is 0 Å². The van der Waals surface area contributed by atoms with Crippen LogP contribution in [0.5, 0.6) is 0 Å². The summed E-state index contributed by atoms with van der Waals surface area (Å²) in [6, 6.07) is 9.22. The first kappa shape index (κ1) is 16.9. The van der Waals surface area contributed by atoms with E-state index in [0.717, 1.165) is 0 Å². The number of carbonyl (C=O) groups excluding carboxylic acids is 1. The fraction of sp³-hybridized carbons (Fsp3) is 0.611. The van der Waals surface area contributed by atoms with Crippen molar-refractivity contribution in [1.29, 1.82) is 0 Å². The molecule has 136 valence electrons. The Morgan fingerprint density at radius 3 is 2.20 bits per heavy atom. The lowest BCUT2D eigenvalue weighted by Gasteiger charge is -2.36. The number of rotatable bonds is 2. The molecule has 0 aromatic heterocycles. The van der Waals surface area contributed by atoms with Gasteiger partial charge in [-0.1, -0.05) is 18.2 Å². The van der Waals surface area contributed by atoms with E-state index in [-0.39, 0.29) is 5.91 Å². The lowest BCUT2D eigenvalue weighted by molar-refractivity contribution is -0.229. The van der Waals surface area contributed by atoms with Gasteiger partial charge in [0.25, 0.3) is 5.91 Å². The summed E-state index contributed by atoms with van der Waals surface area (Å²) in [5.74, 6) is -1.93. The Morgan fingerprint density at radius 2 is 1.48 bits per heavy atom. The Balaban J connectivity index is 1.58. The molecule has 3 saturated heterocycles. The van der Waals surface area contributed by atoms with E-state index < -0.39 is 42.3 Å². The maximum Gasteiger partial charge on any atom is 0.256 e. The number of nitrogens with one attached hydrogen (secondary N) is 1. The van der Waals surface area contributed by atoms with Crippen molar-refractivity contribution in [3.8, 4) is 0 Å². The Labute approximate surface area is 146 Å². The SMILES string of the molecule is CC1(C)O[C@@H]2[C@@H](O1)[C@@H](C(=O)Nc1ccccc1)O[C@H]1OC(C)(C)O[C@@H]12. The zero-order valence-electron chi connectivity index (χ0n) is 14.7. The summed E-state index contributed by atoms with van der Waals surface area (Å²) in [6.45, 7) is 7.24. The third kappa shape index (κ3) is 3.18. The zero-order valence-corrected chi connectivity index (χ0v) is 14.7. The third-order valence-corrected chi connectivity index (χ3v) is 4.45. The van der Waals surface area contributed by atoms with Crippen LogP contribution in [-0.4, -0.2) is 48.2 Å². The molecule has 3 fully saturated rings. The van der Waals surface area contributed by atoms with Crippen LogP contribution in [0.2, 0.25) is 0 Å². The molecule has 4 rings (SSSR count). The highest BCUT2D eigenvalue weighted by molar-refractivity contribution is 5.94. The first-order valence-electron chi connectivity index (χ1n) is 8.47. The van der Waals surface area contributed by atoms with Crippen molar-refractivity contribution in [2.75, 3.05) is 5.32 Å². The van der Waals surface area contributed by atoms with E-state index in [0.29, 0.717) is 5.69 Å². The van der Waals surface area contributed by atoms with Crippen LogP contribution in [-0.2, 0) is 28.5 Å². The molecule has 0 spiro atoms. The van der Waals surface area contributed by atoms with Crippen molar-refractivity contribution in [1.82, 2.24) is 0 Å². The molecule has 1 aromatic carbocycles. The molecule has 3 aliphatic heterocycles. The fourth-order valence-electron chi connectivity index (χ4n) is 3.56. The van der Waals surface area contributed by atoms with Gasteiger partial charge in [-0.05, 0) is 39.8 Å². The summed E-state index contributed by atoms with van der Waals surface area (Å²) in [5.41, 5.74) is 0.692. The first-order chi connectivity index (χ1) is 11.7. The minimum atomic E-state index is -0.856. The van der Waals surface area contributed by atoms with Crippen LogP contribution in [0.25, 0.3) is 0 Å². The standard InChI is InChI=1S/C18H23NO6/c1-17(2)22-11-12(23-17)14-16(25-18(3,4)24-14)21-13(11)15(20)19-10-8-6-5-7-9-10/h5-9,11-14,16H,1-4H3,(H,19,20)/t11-,12-,13+,14-,16+/m1/s1. The quantitative estimate of drug-likeness (QED) is 0.880. The molecule has 0 radical (unpaired) electrons. The molecule has 25 heavy (non-hydrogen) atoms. The van der Waals surface area contributed by atoms with E-state index in [9.17, 15) is 4.79 Å². The lowest BCUT2D eigenvalue weighted by atomic mass is 9.98. The van der Waals surface area contributed by atoms with Crippen molar-refractivity contribution >= 4 is 11.6 Å². The van der Waals surface area contributed by atoms with Gasteiger partial charge in [0.05, 0.1) is 0 Å². The van der Waals surface area contributed by atoms with Gasteiger partial charge >= 0.3 is 0 Å². The fourth-order valence-corrected chi connectivity index (χ4v) is 3.56. The number of hydrogen-bond acceptors (Lipinski definition) is 6. The molecule has 0 saturated carbocycles. The number of ether oxygens (including phenoxy) is 5. The summed E-state index contributed by atoms with van der Waals surface area (Å²) in [5, 5.41) is 2.86. The Hall–Kier alpha value is -1.51. The normalized spacial score (nSPS) is 38.0. The zero-order chi connectivity index (χ0) is 17.8. The Kier molecular flexibility index (Phi) is 3.90. The van der Waals surface area contributed by atoms with Crippen molar-refractivity contribution in [3.63, 3.8) is 0 Å². The predicted octanol–water partition coefficient (Wildman–Crippen LogP) is 2.02. The average molecular weight is 349 g/mol. The number of anilines is 1. The number of fused-ring (bicyclic) bond motifs is 3. The van der Waals surface area contributed by atoms with E-state index in [4.69, 9.17) is 23.7 Å². The molecule has 1 aromatic rings. The second-order valence-electron chi connectivity index (χ2n) is 7.45. The molecular weight excluding hydrogens is 326 g/mol. The highest BCUT2D eigenvalue weighted by Gasteiger charge is 2.62. The smallest absolute Gasteiger partial charge is 0.256 e. The van der Waals surface area contributed by atoms with Gasteiger partial charge in [0.2, 0.25) is 0 Å². The molecule has 5 atom stereocenters. The van der Waals surface area contributed by atoms with Crippen molar-refractivity contribution in [3.05, 3.63) is 30.3 Å². The van der Waals surface area contributed by atoms with E-state index in [2.05, 4.69) is 5.32 Å². The minimum absolute atomic E-state index is 0.297. The third-order valence-electron chi connectivity index (χ3n) is 4.45. The van der Waals surface area contributed by atoms with Gasteiger partial charge in [0.1, 0.15) is 18.3 Å². The van der Waals surface area contributed by atoms with E-state index >= 15 is 0 Å². The van der Waals surface area contributed by atoms with Crippen LogP contribution in [0.4, 0.5) is 5.69 Å². The number of benzene rings is 1. The minimum Gasteiger partial charge on any atom is -0.342 e. The Morgan fingerprint density at radius 1 is 0.880 bits per heavy atom. The molecular formula is C18H23NO6. The van der Waals surface area contributed by atoms with E-state index in [1.54, 1.807) is 0 Å². The van der Waals surface area contributed by atoms with Crippen LogP contribution in [0.3, 0.4) is 0 Å². The predicted molar refractivity (Wildman–Crippen MR) is 87.6 cm³/mol. The number of para-hydroxylation sites is 1. The van der Waals surface area contributed by atoms with Gasteiger partial charge in [0, 0.05) is 5.69 Å². The summed E-state index contributed by atoms with van der Waals surface area (Å²) >= 11 is 0. The highest BCUT2D eigenvalue weighted by Crippen LogP contribution is 2.44. The molecule has 1 N–H and O–H groups in total. The highest BCUT2D eigenvalue weighted by atomic mass is 16.9. The second-order valence-corrected chi connectivity index (χ2v) is 7.45. The number of carbonyl (C=O) groups is 1. The molecule has 3 aliphatic rings. The van der Waals surface area contributed by atoms with Crippen molar-refractivity contribution in [2.45, 2.75) is 70.0 Å². The molecule has 1 amide bonds.